The van der Waals surface area contributed by atoms with E-state index in [9.17, 15) is 14.0 Å². The van der Waals surface area contributed by atoms with Crippen molar-refractivity contribution in [2.45, 2.75) is 30.7 Å². The molecule has 1 aromatic carbocycles. The molecule has 1 aliphatic heterocycles. The highest BCUT2D eigenvalue weighted by Crippen LogP contribution is 2.31. The topological polar surface area (TPSA) is 54.7 Å². The summed E-state index contributed by atoms with van der Waals surface area (Å²) in [5.74, 6) is 0.438. The quantitative estimate of drug-likeness (QED) is 0.209. The van der Waals surface area contributed by atoms with Crippen molar-refractivity contribution in [2.24, 2.45) is 0 Å². The van der Waals surface area contributed by atoms with Crippen molar-refractivity contribution in [1.82, 2.24) is 14.3 Å². The third kappa shape index (κ3) is 5.94. The maximum atomic E-state index is 13.0. The number of hydrogen-bond donors (Lipinski definition) is 0. The van der Waals surface area contributed by atoms with Crippen LogP contribution in [0.4, 0.5) is 9.18 Å². The number of carbonyl (C=O) groups excluding carboxylic acids is 2. The van der Waals surface area contributed by atoms with Crippen LogP contribution in [0.15, 0.2) is 70.9 Å². The lowest BCUT2D eigenvalue weighted by molar-refractivity contribution is -0.122. The number of aryl methyl sites for hydroxylation is 1. The largest absolute Gasteiger partial charge is 0.294 e. The number of imidazole rings is 1. The van der Waals surface area contributed by atoms with Crippen LogP contribution in [0.2, 0.25) is 0 Å². The zero-order valence-corrected chi connectivity index (χ0v) is 19.7. The fourth-order valence-electron chi connectivity index (χ4n) is 3.34. The van der Waals surface area contributed by atoms with E-state index in [0.29, 0.717) is 24.3 Å². The van der Waals surface area contributed by atoms with E-state index in [1.165, 1.54) is 17.0 Å². The Morgan fingerprint density at radius 3 is 2.72 bits per heavy atom. The lowest BCUT2D eigenvalue weighted by Gasteiger charge is -2.12. The molecule has 0 unspecified atom stereocenters. The standard InChI is InChI=1S/C23H22FN3O2S2.ClH/c24-18-11-9-17(10-12-18)5-3-6-19-22(28)27(23(29)31-19)14-1-2-16-30-21-8-4-7-20-25-13-15-26(20)21;/h4,6-13,15H,1-3,5,14,16H2;1H/b19-6+;. The number of hydrogen-bond acceptors (Lipinski definition) is 5. The van der Waals surface area contributed by atoms with Crippen molar-refractivity contribution in [3.05, 3.63) is 77.2 Å². The Hall–Kier alpha value is -2.29. The normalized spacial score (nSPS) is 15.0. The van der Waals surface area contributed by atoms with Crippen molar-refractivity contribution in [3.63, 3.8) is 0 Å². The van der Waals surface area contributed by atoms with E-state index in [-0.39, 0.29) is 29.4 Å². The molecule has 3 aromatic rings. The first-order valence-electron chi connectivity index (χ1n) is 10.1. The van der Waals surface area contributed by atoms with E-state index < -0.39 is 0 Å². The highest BCUT2D eigenvalue weighted by atomic mass is 35.5. The lowest BCUT2D eigenvalue weighted by atomic mass is 10.1. The first kappa shape index (κ1) is 24.4. The molecule has 2 aromatic heterocycles. The maximum absolute atomic E-state index is 13.0. The van der Waals surface area contributed by atoms with Crippen LogP contribution in [-0.4, -0.2) is 37.7 Å². The molecule has 0 N–H and O–H groups in total. The lowest BCUT2D eigenvalue weighted by Crippen LogP contribution is -2.29. The molecule has 0 aliphatic carbocycles. The number of carbonyl (C=O) groups is 2. The summed E-state index contributed by atoms with van der Waals surface area (Å²) in [7, 11) is 0. The van der Waals surface area contributed by atoms with Gasteiger partial charge in [0.15, 0.2) is 0 Å². The maximum Gasteiger partial charge on any atom is 0.293 e. The minimum Gasteiger partial charge on any atom is -0.294 e. The van der Waals surface area contributed by atoms with Crippen LogP contribution in [0.3, 0.4) is 0 Å². The van der Waals surface area contributed by atoms with Gasteiger partial charge in [-0.15, -0.1) is 24.2 Å². The second-order valence-corrected chi connectivity index (χ2v) is 9.24. The number of benzene rings is 1. The molecular formula is C23H23ClFN3O2S2. The van der Waals surface area contributed by atoms with E-state index in [1.807, 2.05) is 24.4 Å². The number of fused-ring (bicyclic) bond motifs is 1. The predicted molar refractivity (Wildman–Crippen MR) is 130 cm³/mol. The number of amides is 2. The van der Waals surface area contributed by atoms with Gasteiger partial charge in [-0.05, 0) is 73.0 Å². The number of rotatable bonds is 9. The monoisotopic (exact) mass is 491 g/mol. The van der Waals surface area contributed by atoms with Crippen molar-refractivity contribution < 1.29 is 14.0 Å². The molecule has 168 valence electrons. The van der Waals surface area contributed by atoms with Gasteiger partial charge >= 0.3 is 0 Å². The first-order chi connectivity index (χ1) is 15.1. The number of halogens is 2. The molecule has 0 radical (unpaired) electrons. The minimum atomic E-state index is -0.262. The summed E-state index contributed by atoms with van der Waals surface area (Å²) in [5, 5.41) is 0.930. The van der Waals surface area contributed by atoms with Gasteiger partial charge in [-0.1, -0.05) is 24.3 Å². The van der Waals surface area contributed by atoms with Crippen LogP contribution in [0, 0.1) is 5.82 Å². The van der Waals surface area contributed by atoms with Gasteiger partial charge in [-0.2, -0.15) is 0 Å². The van der Waals surface area contributed by atoms with Gasteiger partial charge in [0.05, 0.1) is 9.93 Å². The van der Waals surface area contributed by atoms with Crippen molar-refractivity contribution >= 4 is 52.7 Å². The van der Waals surface area contributed by atoms with E-state index in [2.05, 4.69) is 15.5 Å². The number of imide groups is 1. The van der Waals surface area contributed by atoms with Crippen LogP contribution in [-0.2, 0) is 11.2 Å². The predicted octanol–water partition coefficient (Wildman–Crippen LogP) is 5.98. The first-order valence-corrected chi connectivity index (χ1v) is 12.0. The molecule has 1 saturated heterocycles. The van der Waals surface area contributed by atoms with Gasteiger partial charge in [0.1, 0.15) is 11.5 Å². The molecule has 3 heterocycles. The van der Waals surface area contributed by atoms with E-state index in [1.54, 1.807) is 30.1 Å². The Morgan fingerprint density at radius 2 is 1.91 bits per heavy atom. The highest BCUT2D eigenvalue weighted by Gasteiger charge is 2.34. The summed E-state index contributed by atoms with van der Waals surface area (Å²) in [6.45, 7) is 0.440. The average Bonchev–Trinajstić information content (AvgIpc) is 3.35. The Bertz CT molecular complexity index is 1120. The van der Waals surface area contributed by atoms with Crippen LogP contribution in [0.1, 0.15) is 24.8 Å². The zero-order chi connectivity index (χ0) is 21.6. The van der Waals surface area contributed by atoms with Gasteiger partial charge < -0.3 is 0 Å². The average molecular weight is 492 g/mol. The van der Waals surface area contributed by atoms with E-state index in [4.69, 9.17) is 0 Å². The van der Waals surface area contributed by atoms with Crippen LogP contribution in [0.25, 0.3) is 5.65 Å². The van der Waals surface area contributed by atoms with Crippen molar-refractivity contribution in [2.75, 3.05) is 12.3 Å². The van der Waals surface area contributed by atoms with Crippen molar-refractivity contribution in [1.29, 1.82) is 0 Å². The smallest absolute Gasteiger partial charge is 0.293 e. The molecule has 9 heteroatoms. The van der Waals surface area contributed by atoms with Gasteiger partial charge in [0.25, 0.3) is 11.1 Å². The zero-order valence-electron chi connectivity index (χ0n) is 17.3. The number of thioether (sulfide) groups is 2. The summed E-state index contributed by atoms with van der Waals surface area (Å²) >= 11 is 2.75. The molecule has 32 heavy (non-hydrogen) atoms. The van der Waals surface area contributed by atoms with E-state index in [0.717, 1.165) is 46.6 Å². The third-order valence-corrected chi connectivity index (χ3v) is 7.04. The Morgan fingerprint density at radius 1 is 1.09 bits per heavy atom. The number of allylic oxidation sites excluding steroid dienone is 1. The molecule has 0 spiro atoms. The van der Waals surface area contributed by atoms with Crippen LogP contribution in [0.5, 0.6) is 0 Å². The minimum absolute atomic E-state index is 0. The third-order valence-electron chi connectivity index (χ3n) is 4.97. The van der Waals surface area contributed by atoms with E-state index >= 15 is 0 Å². The summed E-state index contributed by atoms with van der Waals surface area (Å²) < 4.78 is 15.0. The molecule has 1 fully saturated rings. The summed E-state index contributed by atoms with van der Waals surface area (Å²) in [6.07, 6.45) is 8.56. The number of pyridine rings is 1. The number of aromatic nitrogens is 2. The summed E-state index contributed by atoms with van der Waals surface area (Å²) in [5.41, 5.74) is 1.93. The molecule has 5 nitrogen and oxygen atoms in total. The summed E-state index contributed by atoms with van der Waals surface area (Å²) in [4.78, 5) is 30.9. The highest BCUT2D eigenvalue weighted by molar-refractivity contribution is 8.18. The molecule has 0 saturated carbocycles. The van der Waals surface area contributed by atoms with Gasteiger partial charge in [-0.25, -0.2) is 9.37 Å². The van der Waals surface area contributed by atoms with Gasteiger partial charge in [0, 0.05) is 18.9 Å². The second-order valence-electron chi connectivity index (χ2n) is 7.13. The summed E-state index contributed by atoms with van der Waals surface area (Å²) in [6, 6.07) is 12.4. The van der Waals surface area contributed by atoms with Gasteiger partial charge in [-0.3, -0.25) is 18.9 Å². The fraction of sp³-hybridized carbons (Fsp3) is 0.261. The number of unbranched alkanes of at least 4 members (excludes halogenated alkanes) is 1. The second kappa shape index (κ2) is 11.5. The molecule has 0 atom stereocenters. The fourth-order valence-corrected chi connectivity index (χ4v) is 5.24. The molecule has 0 bridgehead atoms. The Kier molecular flexibility index (Phi) is 8.78. The SMILES string of the molecule is Cl.O=C1S/C(=C/CCc2ccc(F)cc2)C(=O)N1CCCCSc1cccc2nccn12. The molecule has 2 amide bonds. The Balaban J connectivity index is 0.00000289. The van der Waals surface area contributed by atoms with Crippen LogP contribution < -0.4 is 0 Å². The van der Waals surface area contributed by atoms with Gasteiger partial charge in [0.2, 0.25) is 0 Å². The molecule has 4 rings (SSSR count). The molecule has 1 aliphatic rings. The van der Waals surface area contributed by atoms with Crippen molar-refractivity contribution in [3.8, 4) is 0 Å². The number of nitrogens with zero attached hydrogens (tertiary/aromatic N) is 3. The van der Waals surface area contributed by atoms with Crippen LogP contribution >= 0.6 is 35.9 Å². The Labute approximate surface area is 200 Å². The molecular weight excluding hydrogens is 469 g/mol.